The van der Waals surface area contributed by atoms with Crippen molar-refractivity contribution >= 4 is 23.1 Å². The normalized spacial score (nSPS) is 18.0. The van der Waals surface area contributed by atoms with Crippen LogP contribution in [-0.4, -0.2) is 42.0 Å². The van der Waals surface area contributed by atoms with Crippen LogP contribution in [0.15, 0.2) is 41.9 Å². The van der Waals surface area contributed by atoms with Gasteiger partial charge in [-0.25, -0.2) is 4.98 Å². The minimum Gasteiger partial charge on any atom is -0.370 e. The number of pyridine rings is 1. The van der Waals surface area contributed by atoms with Gasteiger partial charge in [-0.2, -0.15) is 0 Å². The summed E-state index contributed by atoms with van der Waals surface area (Å²) >= 11 is 1.67. The van der Waals surface area contributed by atoms with Crippen LogP contribution in [0.4, 0.5) is 5.82 Å². The van der Waals surface area contributed by atoms with Crippen LogP contribution in [0.1, 0.15) is 11.3 Å². The van der Waals surface area contributed by atoms with Gasteiger partial charge in [-0.3, -0.25) is 9.69 Å². The van der Waals surface area contributed by atoms with Crippen molar-refractivity contribution in [2.45, 2.75) is 13.0 Å². The van der Waals surface area contributed by atoms with Gasteiger partial charge in [-0.15, -0.1) is 11.3 Å². The van der Waals surface area contributed by atoms with E-state index >= 15 is 0 Å². The van der Waals surface area contributed by atoms with E-state index < -0.39 is 0 Å². The first-order valence-electron chi connectivity index (χ1n) is 7.96. The third kappa shape index (κ3) is 5.04. The third-order valence-corrected chi connectivity index (χ3v) is 4.89. The summed E-state index contributed by atoms with van der Waals surface area (Å²) in [5.41, 5.74) is 0. The monoisotopic (exact) mass is 330 g/mol. The number of amides is 1. The average Bonchev–Trinajstić information content (AvgIpc) is 3.24. The Morgan fingerprint density at radius 1 is 1.35 bits per heavy atom. The summed E-state index contributed by atoms with van der Waals surface area (Å²) in [5, 5.41) is 8.38. The summed E-state index contributed by atoms with van der Waals surface area (Å²) in [6.45, 7) is 3.98. The molecule has 5 nitrogen and oxygen atoms in total. The lowest BCUT2D eigenvalue weighted by atomic mass is 10.1. The first-order chi connectivity index (χ1) is 11.3. The number of aromatic nitrogens is 1. The number of likely N-dealkylation sites (tertiary alicyclic amines) is 1. The maximum Gasteiger partial charge on any atom is 0.234 e. The van der Waals surface area contributed by atoms with Crippen molar-refractivity contribution in [1.82, 2.24) is 15.2 Å². The molecule has 0 radical (unpaired) electrons. The molecule has 23 heavy (non-hydrogen) atoms. The van der Waals surface area contributed by atoms with Gasteiger partial charge >= 0.3 is 0 Å². The van der Waals surface area contributed by atoms with E-state index in [0.717, 1.165) is 31.9 Å². The van der Waals surface area contributed by atoms with Gasteiger partial charge in [0.15, 0.2) is 0 Å². The highest BCUT2D eigenvalue weighted by molar-refractivity contribution is 7.09. The summed E-state index contributed by atoms with van der Waals surface area (Å²) in [7, 11) is 0. The number of rotatable bonds is 7. The second-order valence-corrected chi connectivity index (χ2v) is 6.87. The number of nitrogens with one attached hydrogen (secondary N) is 2. The van der Waals surface area contributed by atoms with Crippen molar-refractivity contribution in [2.75, 3.05) is 31.5 Å². The topological polar surface area (TPSA) is 57.3 Å². The van der Waals surface area contributed by atoms with E-state index in [0.29, 0.717) is 19.0 Å². The smallest absolute Gasteiger partial charge is 0.234 e. The quantitative estimate of drug-likeness (QED) is 0.817. The fourth-order valence-electron chi connectivity index (χ4n) is 2.80. The van der Waals surface area contributed by atoms with Crippen molar-refractivity contribution in [2.24, 2.45) is 5.92 Å². The van der Waals surface area contributed by atoms with Gasteiger partial charge < -0.3 is 10.6 Å². The van der Waals surface area contributed by atoms with E-state index in [1.54, 1.807) is 17.5 Å². The minimum atomic E-state index is 0.108. The lowest BCUT2D eigenvalue weighted by Gasteiger charge is -2.16. The Morgan fingerprint density at radius 3 is 3.09 bits per heavy atom. The van der Waals surface area contributed by atoms with Gasteiger partial charge in [0.25, 0.3) is 0 Å². The molecular formula is C17H22N4OS. The Bertz CT molecular complexity index is 602. The van der Waals surface area contributed by atoms with Crippen LogP contribution < -0.4 is 10.6 Å². The van der Waals surface area contributed by atoms with Gasteiger partial charge in [-0.05, 0) is 42.5 Å². The van der Waals surface area contributed by atoms with Crippen molar-refractivity contribution in [3.8, 4) is 0 Å². The predicted molar refractivity (Wildman–Crippen MR) is 93.4 cm³/mol. The van der Waals surface area contributed by atoms with Crippen LogP contribution in [0.2, 0.25) is 0 Å². The van der Waals surface area contributed by atoms with E-state index in [1.165, 1.54) is 4.88 Å². The van der Waals surface area contributed by atoms with E-state index in [-0.39, 0.29) is 5.91 Å². The molecule has 122 valence electrons. The number of carbonyl (C=O) groups is 1. The van der Waals surface area contributed by atoms with E-state index in [4.69, 9.17) is 0 Å². The highest BCUT2D eigenvalue weighted by Gasteiger charge is 2.23. The zero-order chi connectivity index (χ0) is 15.9. The zero-order valence-electron chi connectivity index (χ0n) is 13.1. The molecule has 2 aromatic rings. The summed E-state index contributed by atoms with van der Waals surface area (Å²) < 4.78 is 0. The van der Waals surface area contributed by atoms with Gasteiger partial charge in [0, 0.05) is 24.2 Å². The van der Waals surface area contributed by atoms with Gasteiger partial charge in [0.2, 0.25) is 5.91 Å². The molecule has 2 aromatic heterocycles. The molecule has 0 bridgehead atoms. The largest absolute Gasteiger partial charge is 0.370 e. The Hall–Kier alpha value is -1.92. The van der Waals surface area contributed by atoms with Crippen LogP contribution in [0.3, 0.4) is 0 Å². The number of anilines is 1. The van der Waals surface area contributed by atoms with Gasteiger partial charge in [-0.1, -0.05) is 12.1 Å². The highest BCUT2D eigenvalue weighted by Crippen LogP contribution is 2.16. The van der Waals surface area contributed by atoms with Gasteiger partial charge in [0.1, 0.15) is 5.82 Å². The molecule has 3 heterocycles. The van der Waals surface area contributed by atoms with E-state index in [9.17, 15) is 4.79 Å². The van der Waals surface area contributed by atoms with Crippen LogP contribution in [-0.2, 0) is 11.3 Å². The standard InChI is InChI=1S/C17H22N4OS/c22-17(20-11-15-4-3-9-23-15)13-21-8-6-14(12-21)10-19-16-5-1-2-7-18-16/h1-5,7,9,14H,6,8,10-13H2,(H,18,19)(H,20,22)/t14-/m1/s1. The number of nitrogens with zero attached hydrogens (tertiary/aromatic N) is 2. The number of carbonyl (C=O) groups excluding carboxylic acids is 1. The molecule has 3 rings (SSSR count). The molecule has 0 spiro atoms. The summed E-state index contributed by atoms with van der Waals surface area (Å²) in [4.78, 5) is 19.7. The molecule has 6 heteroatoms. The molecule has 1 aliphatic heterocycles. The second-order valence-electron chi connectivity index (χ2n) is 5.84. The SMILES string of the molecule is O=C(CN1CC[C@H](CNc2ccccn2)C1)NCc1cccs1. The van der Waals surface area contributed by atoms with Crippen molar-refractivity contribution in [3.05, 3.63) is 46.8 Å². The molecule has 0 aromatic carbocycles. The molecular weight excluding hydrogens is 308 g/mol. The molecule has 1 amide bonds. The van der Waals surface area contributed by atoms with Crippen LogP contribution in [0.25, 0.3) is 0 Å². The third-order valence-electron chi connectivity index (χ3n) is 4.01. The fraction of sp³-hybridized carbons (Fsp3) is 0.412. The molecule has 0 unspecified atom stereocenters. The first-order valence-corrected chi connectivity index (χ1v) is 8.84. The number of hydrogen-bond donors (Lipinski definition) is 2. The molecule has 1 fully saturated rings. The van der Waals surface area contributed by atoms with E-state index in [2.05, 4.69) is 20.5 Å². The molecule has 1 saturated heterocycles. The molecule has 2 N–H and O–H groups in total. The van der Waals surface area contributed by atoms with Crippen LogP contribution >= 0.6 is 11.3 Å². The summed E-state index contributed by atoms with van der Waals surface area (Å²) in [5.74, 6) is 1.60. The fourth-order valence-corrected chi connectivity index (χ4v) is 3.44. The predicted octanol–water partition coefficient (Wildman–Crippen LogP) is 2.19. The Kier molecular flexibility index (Phi) is 5.60. The molecule has 1 atom stereocenters. The van der Waals surface area contributed by atoms with E-state index in [1.807, 2.05) is 35.7 Å². The van der Waals surface area contributed by atoms with Crippen molar-refractivity contribution in [1.29, 1.82) is 0 Å². The zero-order valence-corrected chi connectivity index (χ0v) is 13.9. The molecule has 1 aliphatic rings. The Labute approximate surface area is 140 Å². The summed E-state index contributed by atoms with van der Waals surface area (Å²) in [6, 6.07) is 9.92. The minimum absolute atomic E-state index is 0.108. The Morgan fingerprint density at radius 2 is 2.30 bits per heavy atom. The number of thiophene rings is 1. The Balaban J connectivity index is 1.35. The first kappa shape index (κ1) is 16.0. The maximum atomic E-state index is 12.0. The second kappa shape index (κ2) is 8.08. The number of hydrogen-bond acceptors (Lipinski definition) is 5. The van der Waals surface area contributed by atoms with Gasteiger partial charge in [0.05, 0.1) is 13.1 Å². The lowest BCUT2D eigenvalue weighted by molar-refractivity contribution is -0.122. The van der Waals surface area contributed by atoms with Crippen LogP contribution in [0, 0.1) is 5.92 Å². The average molecular weight is 330 g/mol. The van der Waals surface area contributed by atoms with Crippen molar-refractivity contribution in [3.63, 3.8) is 0 Å². The highest BCUT2D eigenvalue weighted by atomic mass is 32.1. The lowest BCUT2D eigenvalue weighted by Crippen LogP contribution is -2.36. The molecule has 0 aliphatic carbocycles. The maximum absolute atomic E-state index is 12.0. The van der Waals surface area contributed by atoms with Crippen molar-refractivity contribution < 1.29 is 4.79 Å². The summed E-state index contributed by atoms with van der Waals surface area (Å²) in [6.07, 6.45) is 2.92. The van der Waals surface area contributed by atoms with Crippen LogP contribution in [0.5, 0.6) is 0 Å². The molecule has 0 saturated carbocycles.